The third-order valence-electron chi connectivity index (χ3n) is 5.64. The highest BCUT2D eigenvalue weighted by Crippen LogP contribution is 2.43. The largest absolute Gasteiger partial charge is 0.407 e. The average Bonchev–Trinajstić information content (AvgIpc) is 3.21. The number of aromatic nitrogens is 2. The Morgan fingerprint density at radius 2 is 1.75 bits per heavy atom. The van der Waals surface area contributed by atoms with Gasteiger partial charge in [0.15, 0.2) is 0 Å². The van der Waals surface area contributed by atoms with E-state index in [-0.39, 0.29) is 17.3 Å². The predicted molar refractivity (Wildman–Crippen MR) is 117 cm³/mol. The summed E-state index contributed by atoms with van der Waals surface area (Å²) in [5, 5.41) is 0.558. The molecule has 1 aliphatic rings. The van der Waals surface area contributed by atoms with Gasteiger partial charge in [-0.25, -0.2) is 13.8 Å². The molecule has 2 heterocycles. The summed E-state index contributed by atoms with van der Waals surface area (Å²) in [6, 6.07) is 19.9. The maximum atomic E-state index is 14.4. The summed E-state index contributed by atoms with van der Waals surface area (Å²) in [4.78, 5) is 20.5. The van der Waals surface area contributed by atoms with E-state index < -0.39 is 29.4 Å². The minimum atomic E-state index is -0.632. The van der Waals surface area contributed by atoms with E-state index in [1.54, 1.807) is 6.07 Å². The second kappa shape index (κ2) is 8.20. The van der Waals surface area contributed by atoms with Gasteiger partial charge < -0.3 is 9.72 Å². The number of benzene rings is 3. The lowest BCUT2D eigenvalue weighted by Gasteiger charge is -2.29. The number of carbonyl (C=O) groups excluding carboxylic acids is 1. The molecule has 0 bridgehead atoms. The Hall–Kier alpha value is -3.51. The molecule has 0 fully saturated rings. The summed E-state index contributed by atoms with van der Waals surface area (Å²) in [5.41, 5.74) is 2.10. The Kier molecular flexibility index (Phi) is 5.23. The molecule has 1 aromatic heterocycles. The summed E-state index contributed by atoms with van der Waals surface area (Å²) >= 11 is 6.35. The van der Waals surface area contributed by atoms with Crippen molar-refractivity contribution in [1.82, 2.24) is 9.97 Å². The highest BCUT2D eigenvalue weighted by atomic mass is 35.5. The normalized spacial score (nSPS) is 17.7. The summed E-state index contributed by atoms with van der Waals surface area (Å²) in [7, 11) is 0. The number of hydrogen-bond acceptors (Lipinski definition) is 3. The van der Waals surface area contributed by atoms with Crippen molar-refractivity contribution in [3.05, 3.63) is 106 Å². The number of halogens is 3. The molecule has 32 heavy (non-hydrogen) atoms. The molecule has 0 radical (unpaired) electrons. The van der Waals surface area contributed by atoms with Crippen LogP contribution in [0.25, 0.3) is 11.4 Å². The summed E-state index contributed by atoms with van der Waals surface area (Å²) in [6.45, 7) is 0. The van der Waals surface area contributed by atoms with Crippen LogP contribution < -0.4 is 4.74 Å². The van der Waals surface area contributed by atoms with Crippen LogP contribution in [0, 0.1) is 17.6 Å². The van der Waals surface area contributed by atoms with Crippen LogP contribution in [-0.2, 0) is 11.2 Å². The van der Waals surface area contributed by atoms with Crippen molar-refractivity contribution in [3.8, 4) is 17.3 Å². The molecule has 0 saturated heterocycles. The number of nitrogens with zero attached hydrogens (tertiary/aromatic N) is 1. The van der Waals surface area contributed by atoms with E-state index >= 15 is 0 Å². The molecule has 7 heteroatoms. The van der Waals surface area contributed by atoms with E-state index in [0.29, 0.717) is 17.1 Å². The number of aromatic amines is 1. The molecule has 0 amide bonds. The number of ether oxygens (including phenoxy) is 1. The van der Waals surface area contributed by atoms with E-state index in [4.69, 9.17) is 16.3 Å². The Morgan fingerprint density at radius 3 is 2.53 bits per heavy atom. The van der Waals surface area contributed by atoms with Crippen LogP contribution in [0.15, 0.2) is 72.8 Å². The van der Waals surface area contributed by atoms with Gasteiger partial charge in [-0.15, -0.1) is 0 Å². The molecule has 4 nitrogen and oxygen atoms in total. The zero-order chi connectivity index (χ0) is 22.2. The zero-order valence-corrected chi connectivity index (χ0v) is 17.4. The van der Waals surface area contributed by atoms with Gasteiger partial charge in [0.25, 0.3) is 0 Å². The van der Waals surface area contributed by atoms with Crippen molar-refractivity contribution in [2.24, 2.45) is 5.92 Å². The quantitative estimate of drug-likeness (QED) is 0.393. The van der Waals surface area contributed by atoms with Crippen molar-refractivity contribution < 1.29 is 18.3 Å². The SMILES string of the molecule is O=C1Oc2[nH]c(-c3cc(F)ccc3F)nc2C(c2ccccc2)C1Cc1ccccc1Cl. The van der Waals surface area contributed by atoms with Gasteiger partial charge in [0.05, 0.1) is 11.5 Å². The fraction of sp³-hybridized carbons (Fsp3) is 0.120. The first kappa shape index (κ1) is 20.4. The predicted octanol–water partition coefficient (Wildman–Crippen LogP) is 5.92. The van der Waals surface area contributed by atoms with E-state index in [9.17, 15) is 13.6 Å². The van der Waals surface area contributed by atoms with Gasteiger partial charge >= 0.3 is 5.97 Å². The first-order valence-electron chi connectivity index (χ1n) is 10.1. The van der Waals surface area contributed by atoms with Crippen molar-refractivity contribution >= 4 is 17.6 Å². The van der Waals surface area contributed by atoms with Crippen LogP contribution in [0.5, 0.6) is 5.88 Å². The summed E-state index contributed by atoms with van der Waals surface area (Å²) < 4.78 is 33.7. The van der Waals surface area contributed by atoms with Crippen molar-refractivity contribution in [2.45, 2.75) is 12.3 Å². The number of esters is 1. The van der Waals surface area contributed by atoms with Crippen LogP contribution in [-0.4, -0.2) is 15.9 Å². The van der Waals surface area contributed by atoms with E-state index in [1.807, 2.05) is 48.5 Å². The number of imidazole rings is 1. The van der Waals surface area contributed by atoms with Crippen LogP contribution in [0.4, 0.5) is 8.78 Å². The molecule has 1 aliphatic heterocycles. The number of carbonyl (C=O) groups is 1. The molecule has 0 saturated carbocycles. The third kappa shape index (κ3) is 3.67. The molecular formula is C25H17ClF2N2O2. The maximum absolute atomic E-state index is 14.4. The van der Waals surface area contributed by atoms with Gasteiger partial charge in [-0.2, -0.15) is 0 Å². The zero-order valence-electron chi connectivity index (χ0n) is 16.7. The Morgan fingerprint density at radius 1 is 1.00 bits per heavy atom. The summed E-state index contributed by atoms with van der Waals surface area (Å²) in [6.07, 6.45) is 0.341. The van der Waals surface area contributed by atoms with Gasteiger partial charge in [-0.1, -0.05) is 60.1 Å². The molecule has 0 aliphatic carbocycles. The Bertz CT molecular complexity index is 1310. The molecule has 2 unspecified atom stereocenters. The first-order chi connectivity index (χ1) is 15.5. The standard InChI is InChI=1S/C25H17ClF2N2O2/c26-19-9-5-4-8-15(19)12-18-21(14-6-2-1-3-7-14)22-24(32-25(18)31)30-23(29-22)17-13-16(27)10-11-20(17)28/h1-11,13,18,21H,12H2,(H,29,30). The van der Waals surface area contributed by atoms with Crippen molar-refractivity contribution in [1.29, 1.82) is 0 Å². The molecule has 4 aromatic rings. The minimum absolute atomic E-state index is 0.0371. The average molecular weight is 451 g/mol. The molecule has 1 N–H and O–H groups in total. The number of hydrogen-bond donors (Lipinski definition) is 1. The fourth-order valence-corrected chi connectivity index (χ4v) is 4.33. The van der Waals surface area contributed by atoms with Gasteiger partial charge in [-0.05, 0) is 41.8 Å². The van der Waals surface area contributed by atoms with E-state index in [1.165, 1.54) is 0 Å². The number of nitrogens with one attached hydrogen (secondary N) is 1. The van der Waals surface area contributed by atoms with Gasteiger partial charge in [-0.3, -0.25) is 4.79 Å². The number of fused-ring (bicyclic) bond motifs is 1. The minimum Gasteiger partial charge on any atom is -0.407 e. The van der Waals surface area contributed by atoms with Gasteiger partial charge in [0.2, 0.25) is 5.88 Å². The lowest BCUT2D eigenvalue weighted by Crippen LogP contribution is -2.34. The lowest BCUT2D eigenvalue weighted by atomic mass is 9.79. The van der Waals surface area contributed by atoms with E-state index in [2.05, 4.69) is 9.97 Å². The number of H-pyrrole nitrogens is 1. The molecule has 3 aromatic carbocycles. The number of rotatable bonds is 4. The second-order valence-electron chi connectivity index (χ2n) is 7.64. The topological polar surface area (TPSA) is 55.0 Å². The molecule has 0 spiro atoms. The summed E-state index contributed by atoms with van der Waals surface area (Å²) in [5.74, 6) is -2.49. The first-order valence-corrected chi connectivity index (χ1v) is 10.4. The molecule has 2 atom stereocenters. The van der Waals surface area contributed by atoms with E-state index in [0.717, 1.165) is 29.3 Å². The monoisotopic (exact) mass is 450 g/mol. The third-order valence-corrected chi connectivity index (χ3v) is 6.01. The second-order valence-corrected chi connectivity index (χ2v) is 8.04. The molecule has 160 valence electrons. The van der Waals surface area contributed by atoms with Gasteiger partial charge in [0, 0.05) is 10.9 Å². The smallest absolute Gasteiger partial charge is 0.317 e. The highest BCUT2D eigenvalue weighted by molar-refractivity contribution is 6.31. The lowest BCUT2D eigenvalue weighted by molar-refractivity contribution is -0.141. The van der Waals surface area contributed by atoms with Crippen molar-refractivity contribution in [3.63, 3.8) is 0 Å². The molecule has 5 rings (SSSR count). The van der Waals surface area contributed by atoms with Gasteiger partial charge in [0.1, 0.15) is 23.2 Å². The Balaban J connectivity index is 1.63. The maximum Gasteiger partial charge on any atom is 0.317 e. The van der Waals surface area contributed by atoms with Crippen LogP contribution in [0.2, 0.25) is 5.02 Å². The van der Waals surface area contributed by atoms with Crippen LogP contribution in [0.3, 0.4) is 0 Å². The van der Waals surface area contributed by atoms with Crippen LogP contribution in [0.1, 0.15) is 22.7 Å². The van der Waals surface area contributed by atoms with Crippen molar-refractivity contribution in [2.75, 3.05) is 0 Å². The Labute approximate surface area is 187 Å². The fourth-order valence-electron chi connectivity index (χ4n) is 4.12. The highest BCUT2D eigenvalue weighted by Gasteiger charge is 2.41. The molecular weight excluding hydrogens is 434 g/mol. The van der Waals surface area contributed by atoms with Crippen LogP contribution >= 0.6 is 11.6 Å².